The van der Waals surface area contributed by atoms with Crippen LogP contribution in [0.15, 0.2) is 10.7 Å². The molecule has 1 heterocycles. The maximum atomic E-state index is 10.4. The predicted molar refractivity (Wildman–Crippen MR) is 51.6 cm³/mol. The van der Waals surface area contributed by atoms with Crippen LogP contribution in [0.4, 0.5) is 0 Å². The molecule has 0 atom stereocenters. The Kier molecular flexibility index (Phi) is 3.48. The van der Waals surface area contributed by atoms with E-state index >= 15 is 0 Å². The number of carboxylic acids is 1. The Morgan fingerprint density at radius 3 is 3.00 bits per heavy atom. The zero-order chi connectivity index (χ0) is 9.84. The summed E-state index contributed by atoms with van der Waals surface area (Å²) in [7, 11) is 0. The van der Waals surface area contributed by atoms with Gasteiger partial charge in [-0.3, -0.25) is 9.48 Å². The maximum absolute atomic E-state index is 10.4. The minimum atomic E-state index is -0.853. The first-order valence-electron chi connectivity index (χ1n) is 4.07. The molecule has 13 heavy (non-hydrogen) atoms. The van der Waals surface area contributed by atoms with Crippen molar-refractivity contribution in [3.05, 3.63) is 16.4 Å². The van der Waals surface area contributed by atoms with Crippen molar-refractivity contribution in [2.24, 2.45) is 0 Å². The van der Waals surface area contributed by atoms with Crippen molar-refractivity contribution in [3.8, 4) is 0 Å². The van der Waals surface area contributed by atoms with E-state index < -0.39 is 5.97 Å². The molecule has 0 aromatic carbocycles. The van der Waals surface area contributed by atoms with Gasteiger partial charge in [0.25, 0.3) is 0 Å². The molecule has 0 spiro atoms. The van der Waals surface area contributed by atoms with Crippen molar-refractivity contribution in [3.63, 3.8) is 0 Å². The van der Waals surface area contributed by atoms with Crippen LogP contribution in [0, 0.1) is 0 Å². The fourth-order valence-corrected chi connectivity index (χ4v) is 1.57. The topological polar surface area (TPSA) is 55.1 Å². The summed E-state index contributed by atoms with van der Waals surface area (Å²) in [6.45, 7) is 2.85. The first kappa shape index (κ1) is 10.2. The fourth-order valence-electron chi connectivity index (χ4n) is 1.05. The Balaban J connectivity index is 2.76. The Morgan fingerprint density at radius 1 is 1.77 bits per heavy atom. The van der Waals surface area contributed by atoms with Gasteiger partial charge in [-0.25, -0.2) is 0 Å². The van der Waals surface area contributed by atoms with Gasteiger partial charge < -0.3 is 5.11 Å². The zero-order valence-electron chi connectivity index (χ0n) is 7.33. The first-order chi connectivity index (χ1) is 6.13. The largest absolute Gasteiger partial charge is 0.481 e. The van der Waals surface area contributed by atoms with E-state index in [0.717, 1.165) is 17.6 Å². The van der Waals surface area contributed by atoms with Crippen LogP contribution in [0.3, 0.4) is 0 Å². The number of nitrogens with zero attached hydrogens (tertiary/aromatic N) is 2. The van der Waals surface area contributed by atoms with E-state index in [2.05, 4.69) is 21.0 Å². The van der Waals surface area contributed by atoms with Gasteiger partial charge in [-0.15, -0.1) is 0 Å². The zero-order valence-corrected chi connectivity index (χ0v) is 8.91. The SMILES string of the molecule is CCCn1nc(CC(=O)O)cc1Br. The number of aliphatic carboxylic acids is 1. The van der Waals surface area contributed by atoms with E-state index in [1.54, 1.807) is 10.7 Å². The minimum absolute atomic E-state index is 0.0185. The van der Waals surface area contributed by atoms with Crippen LogP contribution in [-0.4, -0.2) is 20.9 Å². The van der Waals surface area contributed by atoms with Crippen LogP contribution in [0.5, 0.6) is 0 Å². The monoisotopic (exact) mass is 246 g/mol. The van der Waals surface area contributed by atoms with Crippen molar-refractivity contribution < 1.29 is 9.90 Å². The van der Waals surface area contributed by atoms with Crippen molar-refractivity contribution in [1.29, 1.82) is 0 Å². The van der Waals surface area contributed by atoms with Gasteiger partial charge in [0.2, 0.25) is 0 Å². The van der Waals surface area contributed by atoms with E-state index in [1.165, 1.54) is 0 Å². The molecule has 72 valence electrons. The number of aromatic nitrogens is 2. The summed E-state index contributed by atoms with van der Waals surface area (Å²) in [4.78, 5) is 10.4. The van der Waals surface area contributed by atoms with Gasteiger partial charge >= 0.3 is 5.97 Å². The maximum Gasteiger partial charge on any atom is 0.309 e. The Bertz CT molecular complexity index is 309. The molecular formula is C8H11BrN2O2. The number of carboxylic acid groups (broad SMARTS) is 1. The van der Waals surface area contributed by atoms with Crippen LogP contribution in [0.25, 0.3) is 0 Å². The van der Waals surface area contributed by atoms with Crippen molar-refractivity contribution in [2.75, 3.05) is 0 Å². The Morgan fingerprint density at radius 2 is 2.46 bits per heavy atom. The molecule has 4 nitrogen and oxygen atoms in total. The van der Waals surface area contributed by atoms with Crippen LogP contribution in [0.1, 0.15) is 19.0 Å². The molecule has 1 rings (SSSR count). The molecule has 0 amide bonds. The second kappa shape index (κ2) is 4.41. The summed E-state index contributed by atoms with van der Waals surface area (Å²) < 4.78 is 2.60. The smallest absolute Gasteiger partial charge is 0.309 e. The highest BCUT2D eigenvalue weighted by molar-refractivity contribution is 9.10. The van der Waals surface area contributed by atoms with Gasteiger partial charge in [-0.1, -0.05) is 6.92 Å². The number of aryl methyl sites for hydroxylation is 1. The quantitative estimate of drug-likeness (QED) is 0.880. The van der Waals surface area contributed by atoms with Crippen LogP contribution < -0.4 is 0 Å². The predicted octanol–water partition coefficient (Wildman–Crippen LogP) is 1.68. The molecule has 0 aliphatic heterocycles. The van der Waals surface area contributed by atoms with Gasteiger partial charge in [0, 0.05) is 6.54 Å². The number of halogens is 1. The lowest BCUT2D eigenvalue weighted by atomic mass is 10.3. The molecule has 0 saturated heterocycles. The summed E-state index contributed by atoms with van der Waals surface area (Å²) >= 11 is 3.32. The molecule has 0 aliphatic carbocycles. The highest BCUT2D eigenvalue weighted by Gasteiger charge is 2.07. The highest BCUT2D eigenvalue weighted by atomic mass is 79.9. The second-order valence-corrected chi connectivity index (χ2v) is 3.56. The first-order valence-corrected chi connectivity index (χ1v) is 4.86. The molecule has 0 aliphatic rings. The average molecular weight is 247 g/mol. The third-order valence-electron chi connectivity index (χ3n) is 1.55. The molecule has 0 radical (unpaired) electrons. The Labute approximate surface area is 84.7 Å². The van der Waals surface area contributed by atoms with Crippen LogP contribution >= 0.6 is 15.9 Å². The third-order valence-corrected chi connectivity index (χ3v) is 2.19. The van der Waals surface area contributed by atoms with Gasteiger partial charge in [0.1, 0.15) is 4.60 Å². The average Bonchev–Trinajstić information content (AvgIpc) is 2.31. The summed E-state index contributed by atoms with van der Waals surface area (Å²) in [5.41, 5.74) is 0.591. The molecule has 0 bridgehead atoms. The lowest BCUT2D eigenvalue weighted by Gasteiger charge is -1.98. The molecule has 0 saturated carbocycles. The van der Waals surface area contributed by atoms with E-state index in [0.29, 0.717) is 5.69 Å². The molecule has 0 fully saturated rings. The molecule has 1 aromatic heterocycles. The van der Waals surface area contributed by atoms with E-state index in [4.69, 9.17) is 5.11 Å². The van der Waals surface area contributed by atoms with Crippen LogP contribution in [-0.2, 0) is 17.8 Å². The van der Waals surface area contributed by atoms with Gasteiger partial charge in [-0.2, -0.15) is 5.10 Å². The number of carbonyl (C=O) groups is 1. The molecule has 5 heteroatoms. The number of hydrogen-bond acceptors (Lipinski definition) is 2. The molecule has 1 N–H and O–H groups in total. The van der Waals surface area contributed by atoms with Crippen molar-refractivity contribution in [2.45, 2.75) is 26.3 Å². The van der Waals surface area contributed by atoms with E-state index in [1.807, 2.05) is 6.92 Å². The fraction of sp³-hybridized carbons (Fsp3) is 0.500. The van der Waals surface area contributed by atoms with Crippen molar-refractivity contribution >= 4 is 21.9 Å². The van der Waals surface area contributed by atoms with Crippen molar-refractivity contribution in [1.82, 2.24) is 9.78 Å². The second-order valence-electron chi connectivity index (χ2n) is 2.75. The molecular weight excluding hydrogens is 236 g/mol. The van der Waals surface area contributed by atoms with Gasteiger partial charge in [-0.05, 0) is 28.4 Å². The normalized spacial score (nSPS) is 10.3. The Hall–Kier alpha value is -0.840. The van der Waals surface area contributed by atoms with Gasteiger partial charge in [0.05, 0.1) is 12.1 Å². The minimum Gasteiger partial charge on any atom is -0.481 e. The lowest BCUT2D eigenvalue weighted by molar-refractivity contribution is -0.136. The number of hydrogen-bond donors (Lipinski definition) is 1. The number of rotatable bonds is 4. The summed E-state index contributed by atoms with van der Waals surface area (Å²) in [6, 6.07) is 1.74. The van der Waals surface area contributed by atoms with Crippen LogP contribution in [0.2, 0.25) is 0 Å². The molecule has 1 aromatic rings. The standard InChI is InChI=1S/C8H11BrN2O2/c1-2-3-11-7(9)4-6(10-11)5-8(12)13/h4H,2-3,5H2,1H3,(H,12,13). The summed E-state index contributed by atoms with van der Waals surface area (Å²) in [6.07, 6.45) is 0.960. The highest BCUT2D eigenvalue weighted by Crippen LogP contribution is 2.12. The van der Waals surface area contributed by atoms with E-state index in [9.17, 15) is 4.79 Å². The van der Waals surface area contributed by atoms with Gasteiger partial charge in [0.15, 0.2) is 0 Å². The lowest BCUT2D eigenvalue weighted by Crippen LogP contribution is -2.03. The summed E-state index contributed by atoms with van der Waals surface area (Å²) in [5, 5.41) is 12.7. The summed E-state index contributed by atoms with van der Waals surface area (Å²) in [5.74, 6) is -0.853. The van der Waals surface area contributed by atoms with E-state index in [-0.39, 0.29) is 6.42 Å². The third kappa shape index (κ3) is 2.84. The molecule has 0 unspecified atom stereocenters.